The van der Waals surface area contributed by atoms with Crippen molar-refractivity contribution in [1.29, 1.82) is 0 Å². The van der Waals surface area contributed by atoms with Crippen LogP contribution in [-0.2, 0) is 6.18 Å². The van der Waals surface area contributed by atoms with E-state index in [0.29, 0.717) is 0 Å². The van der Waals surface area contributed by atoms with E-state index in [1.165, 1.54) is 7.11 Å². The molecule has 2 unspecified atom stereocenters. The highest BCUT2D eigenvalue weighted by Crippen LogP contribution is 2.35. The lowest BCUT2D eigenvalue weighted by atomic mass is 10.0. The molecule has 0 bridgehead atoms. The Labute approximate surface area is 107 Å². The van der Waals surface area contributed by atoms with E-state index >= 15 is 0 Å². The van der Waals surface area contributed by atoms with Crippen molar-refractivity contribution < 1.29 is 28.1 Å². The summed E-state index contributed by atoms with van der Waals surface area (Å²) in [6.07, 6.45) is -7.18. The molecule has 0 aromatic heterocycles. The first-order valence-corrected chi connectivity index (χ1v) is 5.52. The number of aliphatic hydroxyl groups excluding tert-OH is 2. The molecule has 102 valence electrons. The molecule has 0 amide bonds. The van der Waals surface area contributed by atoms with Crippen LogP contribution >= 0.6 is 11.6 Å². The molecule has 0 aliphatic rings. The first-order valence-electron chi connectivity index (χ1n) is 4.98. The SMILES string of the molecule is COc1cc(C(F)(F)F)ccc1C(O)C(O)CCl. The zero-order valence-corrected chi connectivity index (χ0v) is 10.2. The van der Waals surface area contributed by atoms with Gasteiger partial charge in [0.1, 0.15) is 11.9 Å². The molecular formula is C11H12ClF3O3. The van der Waals surface area contributed by atoms with E-state index in [1.807, 2.05) is 0 Å². The molecule has 0 fully saturated rings. The van der Waals surface area contributed by atoms with Gasteiger partial charge >= 0.3 is 6.18 Å². The maximum atomic E-state index is 12.5. The van der Waals surface area contributed by atoms with Crippen LogP contribution in [0.15, 0.2) is 18.2 Å². The smallest absolute Gasteiger partial charge is 0.416 e. The van der Waals surface area contributed by atoms with Gasteiger partial charge in [0, 0.05) is 5.56 Å². The van der Waals surface area contributed by atoms with Gasteiger partial charge in [-0.3, -0.25) is 0 Å². The largest absolute Gasteiger partial charge is 0.496 e. The zero-order chi connectivity index (χ0) is 13.9. The Hall–Kier alpha value is -0.980. The van der Waals surface area contributed by atoms with E-state index < -0.39 is 23.9 Å². The highest BCUT2D eigenvalue weighted by molar-refractivity contribution is 6.18. The summed E-state index contributed by atoms with van der Waals surface area (Å²) in [6.45, 7) is 0. The van der Waals surface area contributed by atoms with Gasteiger partial charge < -0.3 is 14.9 Å². The van der Waals surface area contributed by atoms with Crippen LogP contribution in [0.4, 0.5) is 13.2 Å². The van der Waals surface area contributed by atoms with E-state index in [2.05, 4.69) is 0 Å². The Morgan fingerprint density at radius 1 is 1.33 bits per heavy atom. The molecule has 0 heterocycles. The van der Waals surface area contributed by atoms with Gasteiger partial charge in [-0.25, -0.2) is 0 Å². The molecule has 0 saturated carbocycles. The predicted molar refractivity (Wildman–Crippen MR) is 59.7 cm³/mol. The van der Waals surface area contributed by atoms with Crippen LogP contribution in [0.25, 0.3) is 0 Å². The second kappa shape index (κ2) is 5.77. The van der Waals surface area contributed by atoms with E-state index in [1.54, 1.807) is 0 Å². The van der Waals surface area contributed by atoms with Gasteiger partial charge in [-0.1, -0.05) is 6.07 Å². The van der Waals surface area contributed by atoms with E-state index in [4.69, 9.17) is 16.3 Å². The zero-order valence-electron chi connectivity index (χ0n) is 9.41. The normalized spacial score (nSPS) is 15.3. The maximum Gasteiger partial charge on any atom is 0.416 e. The lowest BCUT2D eigenvalue weighted by Gasteiger charge is -2.19. The number of benzene rings is 1. The number of aliphatic hydroxyl groups is 2. The van der Waals surface area contributed by atoms with Crippen molar-refractivity contribution in [2.24, 2.45) is 0 Å². The number of hydrogen-bond donors (Lipinski definition) is 2. The summed E-state index contributed by atoms with van der Waals surface area (Å²) in [7, 11) is 1.18. The second-order valence-corrected chi connectivity index (χ2v) is 3.93. The van der Waals surface area contributed by atoms with Gasteiger partial charge in [0.25, 0.3) is 0 Å². The minimum Gasteiger partial charge on any atom is -0.496 e. The van der Waals surface area contributed by atoms with Crippen LogP contribution in [0.5, 0.6) is 5.75 Å². The molecule has 0 aliphatic carbocycles. The Morgan fingerprint density at radius 3 is 2.39 bits per heavy atom. The monoisotopic (exact) mass is 284 g/mol. The molecular weight excluding hydrogens is 273 g/mol. The first-order chi connectivity index (χ1) is 8.31. The molecule has 2 atom stereocenters. The molecule has 7 heteroatoms. The van der Waals surface area contributed by atoms with Gasteiger partial charge in [0.2, 0.25) is 0 Å². The third-order valence-electron chi connectivity index (χ3n) is 2.40. The van der Waals surface area contributed by atoms with Crippen molar-refractivity contribution in [1.82, 2.24) is 0 Å². The molecule has 0 aliphatic heterocycles. The average molecular weight is 285 g/mol. The topological polar surface area (TPSA) is 49.7 Å². The molecule has 1 rings (SSSR count). The maximum absolute atomic E-state index is 12.5. The fourth-order valence-electron chi connectivity index (χ4n) is 1.42. The number of halogens is 4. The van der Waals surface area contributed by atoms with Crippen LogP contribution in [0.3, 0.4) is 0 Å². The Morgan fingerprint density at radius 2 is 1.94 bits per heavy atom. The van der Waals surface area contributed by atoms with E-state index in [-0.39, 0.29) is 17.2 Å². The van der Waals surface area contributed by atoms with Crippen molar-refractivity contribution >= 4 is 11.6 Å². The van der Waals surface area contributed by atoms with Gasteiger partial charge in [-0.15, -0.1) is 11.6 Å². The Balaban J connectivity index is 3.15. The van der Waals surface area contributed by atoms with Crippen molar-refractivity contribution in [3.05, 3.63) is 29.3 Å². The fraction of sp³-hybridized carbons (Fsp3) is 0.455. The summed E-state index contributed by atoms with van der Waals surface area (Å²) in [5.41, 5.74) is -0.839. The second-order valence-electron chi connectivity index (χ2n) is 3.62. The Bertz CT molecular complexity index is 409. The van der Waals surface area contributed by atoms with Crippen molar-refractivity contribution in [2.45, 2.75) is 18.4 Å². The molecule has 1 aromatic carbocycles. The van der Waals surface area contributed by atoms with Gasteiger partial charge in [-0.2, -0.15) is 13.2 Å². The van der Waals surface area contributed by atoms with Crippen LogP contribution < -0.4 is 4.74 Å². The van der Waals surface area contributed by atoms with Gasteiger partial charge in [0.15, 0.2) is 0 Å². The van der Waals surface area contributed by atoms with Crippen LogP contribution in [0.2, 0.25) is 0 Å². The number of rotatable bonds is 4. The first kappa shape index (κ1) is 15.1. The number of ether oxygens (including phenoxy) is 1. The summed E-state index contributed by atoms with van der Waals surface area (Å²) in [6, 6.07) is 2.63. The molecule has 18 heavy (non-hydrogen) atoms. The minimum atomic E-state index is -4.50. The number of alkyl halides is 4. The summed E-state index contributed by atoms with van der Waals surface area (Å²) in [5.74, 6) is -0.396. The standard InChI is InChI=1S/C11H12ClF3O3/c1-18-9-4-6(11(13,14)15)2-3-7(9)10(17)8(16)5-12/h2-4,8,10,16-17H,5H2,1H3. The number of hydrogen-bond acceptors (Lipinski definition) is 3. The highest BCUT2D eigenvalue weighted by Gasteiger charge is 2.32. The molecule has 0 radical (unpaired) electrons. The van der Waals surface area contributed by atoms with Gasteiger partial charge in [-0.05, 0) is 12.1 Å². The summed E-state index contributed by atoms with van der Waals surface area (Å²) >= 11 is 5.37. The van der Waals surface area contributed by atoms with Crippen LogP contribution in [0, 0.1) is 0 Å². The van der Waals surface area contributed by atoms with Crippen LogP contribution in [-0.4, -0.2) is 29.3 Å². The van der Waals surface area contributed by atoms with Crippen molar-refractivity contribution in [3.8, 4) is 5.75 Å². The quantitative estimate of drug-likeness (QED) is 0.835. The molecule has 0 saturated heterocycles. The highest BCUT2D eigenvalue weighted by atomic mass is 35.5. The lowest BCUT2D eigenvalue weighted by Crippen LogP contribution is -2.20. The third kappa shape index (κ3) is 3.28. The number of methoxy groups -OCH3 is 1. The van der Waals surface area contributed by atoms with E-state index in [9.17, 15) is 23.4 Å². The van der Waals surface area contributed by atoms with Crippen molar-refractivity contribution in [2.75, 3.05) is 13.0 Å². The van der Waals surface area contributed by atoms with Gasteiger partial charge in [0.05, 0.1) is 24.7 Å². The summed E-state index contributed by atoms with van der Waals surface area (Å²) in [5, 5.41) is 19.1. The average Bonchev–Trinajstić information content (AvgIpc) is 2.35. The molecule has 2 N–H and O–H groups in total. The molecule has 1 aromatic rings. The van der Waals surface area contributed by atoms with E-state index in [0.717, 1.165) is 18.2 Å². The lowest BCUT2D eigenvalue weighted by molar-refractivity contribution is -0.137. The minimum absolute atomic E-state index is 0.0543. The Kier molecular flexibility index (Phi) is 4.84. The molecule has 3 nitrogen and oxygen atoms in total. The summed E-state index contributed by atoms with van der Waals surface area (Å²) < 4.78 is 42.2. The van der Waals surface area contributed by atoms with Crippen molar-refractivity contribution in [3.63, 3.8) is 0 Å². The molecule has 0 spiro atoms. The fourth-order valence-corrected chi connectivity index (χ4v) is 1.59. The summed E-state index contributed by atoms with van der Waals surface area (Å²) in [4.78, 5) is 0. The van der Waals surface area contributed by atoms with Crippen LogP contribution in [0.1, 0.15) is 17.2 Å². The third-order valence-corrected chi connectivity index (χ3v) is 2.72. The predicted octanol–water partition coefficient (Wildman–Crippen LogP) is 2.35.